The summed E-state index contributed by atoms with van der Waals surface area (Å²) in [4.78, 5) is 0. The summed E-state index contributed by atoms with van der Waals surface area (Å²) in [5.74, 6) is 1.91. The minimum Gasteiger partial charge on any atom is -1.00 e. The summed E-state index contributed by atoms with van der Waals surface area (Å²) < 4.78 is 0.588. The average Bonchev–Trinajstić information content (AvgIpc) is 2.05. The first-order chi connectivity index (χ1) is 5.70. The molecule has 0 heterocycles. The third-order valence-electron chi connectivity index (χ3n) is 2.00. The van der Waals surface area contributed by atoms with Crippen molar-refractivity contribution in [1.82, 2.24) is 0 Å². The van der Waals surface area contributed by atoms with Crippen LogP contribution in [0.25, 0.3) is 0 Å². The molecule has 0 saturated heterocycles. The molecule has 0 radical (unpaired) electrons. The number of hydrogen-bond donors (Lipinski definition) is 1. The van der Waals surface area contributed by atoms with Gasteiger partial charge in [0.05, 0.1) is 0 Å². The summed E-state index contributed by atoms with van der Waals surface area (Å²) in [6.45, 7) is 4.47. The maximum absolute atomic E-state index is 5.42. The van der Waals surface area contributed by atoms with Gasteiger partial charge < -0.3 is 7.16 Å². The third-order valence-corrected chi connectivity index (χ3v) is 3.28. The Kier molecular flexibility index (Phi) is 15.9. The zero-order valence-corrected chi connectivity index (χ0v) is 13.8. The largest absolute Gasteiger partial charge is 1.00 e. The fourth-order valence-electron chi connectivity index (χ4n) is 1.10. The predicted octanol–water partition coefficient (Wildman–Crippen LogP) is 0.296. The van der Waals surface area contributed by atoms with Gasteiger partial charge in [-0.3, -0.25) is 0 Å². The van der Waals surface area contributed by atoms with Crippen molar-refractivity contribution < 1.29 is 52.8 Å². The van der Waals surface area contributed by atoms with Crippen LogP contribution in [0.5, 0.6) is 0 Å². The topological polar surface area (TPSA) is 26.0 Å². The second-order valence-corrected chi connectivity index (χ2v) is 4.81. The van der Waals surface area contributed by atoms with E-state index in [4.69, 9.17) is 18.0 Å². The molecule has 74 valence electrons. The van der Waals surface area contributed by atoms with Gasteiger partial charge in [0.15, 0.2) is 0 Å². The van der Waals surface area contributed by atoms with Gasteiger partial charge in [-0.15, -0.1) is 0 Å². The van der Waals surface area contributed by atoms with Gasteiger partial charge in [0.1, 0.15) is 4.32 Å². The number of nitrogens with two attached hydrogens (primary N) is 1. The minimum atomic E-state index is 0. The van der Waals surface area contributed by atoms with Crippen LogP contribution in [-0.4, -0.2) is 10.1 Å². The minimum absolute atomic E-state index is 0. The Morgan fingerprint density at radius 2 is 2.15 bits per heavy atom. The Labute approximate surface area is 136 Å². The standard InChI is InChI=1S/C9H19NS2.K.H/c1-3-5-6-8(4-2)7-12-9(10)11;;/h8H,3-7H2,1-2H3,(H2,10,11);;/q;+1;-1. The van der Waals surface area contributed by atoms with Crippen molar-refractivity contribution in [1.29, 1.82) is 0 Å². The van der Waals surface area contributed by atoms with Crippen molar-refractivity contribution in [3.63, 3.8) is 0 Å². The first-order valence-corrected chi connectivity index (χ1v) is 6.02. The van der Waals surface area contributed by atoms with Crippen molar-refractivity contribution >= 4 is 28.3 Å². The van der Waals surface area contributed by atoms with E-state index in [2.05, 4.69) is 13.8 Å². The molecule has 0 fully saturated rings. The third kappa shape index (κ3) is 11.8. The molecule has 0 aliphatic rings. The van der Waals surface area contributed by atoms with E-state index in [9.17, 15) is 0 Å². The Hall–Kier alpha value is 1.88. The Balaban J connectivity index is -0.000000605. The molecule has 2 N–H and O–H groups in total. The quantitative estimate of drug-likeness (QED) is 0.538. The molecule has 0 bridgehead atoms. The van der Waals surface area contributed by atoms with Crippen LogP contribution in [0.3, 0.4) is 0 Å². The smallest absolute Gasteiger partial charge is 1.00 e. The second-order valence-electron chi connectivity index (χ2n) is 3.05. The molecule has 1 nitrogen and oxygen atoms in total. The first kappa shape index (κ1) is 17.3. The normalized spacial score (nSPS) is 11.8. The maximum Gasteiger partial charge on any atom is 1.00 e. The van der Waals surface area contributed by atoms with E-state index in [0.29, 0.717) is 4.32 Å². The molecule has 0 spiro atoms. The monoisotopic (exact) mass is 245 g/mol. The summed E-state index contributed by atoms with van der Waals surface area (Å²) in [6.07, 6.45) is 5.18. The molecule has 1 unspecified atom stereocenters. The molecule has 0 aromatic rings. The molecule has 1 atom stereocenters. The van der Waals surface area contributed by atoms with Crippen LogP contribution in [-0.2, 0) is 0 Å². The SMILES string of the molecule is CCCCC(CC)CSC(N)=S.[H-].[K+]. The zero-order chi connectivity index (χ0) is 9.40. The number of thiocarbonyl (C=S) groups is 1. The fourth-order valence-corrected chi connectivity index (χ4v) is 2.10. The summed E-state index contributed by atoms with van der Waals surface area (Å²) in [7, 11) is 0. The van der Waals surface area contributed by atoms with Crippen molar-refractivity contribution in [2.75, 3.05) is 5.75 Å². The van der Waals surface area contributed by atoms with Gasteiger partial charge in [-0.25, -0.2) is 0 Å². The van der Waals surface area contributed by atoms with Crippen LogP contribution >= 0.6 is 24.0 Å². The molecule has 13 heavy (non-hydrogen) atoms. The van der Waals surface area contributed by atoms with Gasteiger partial charge in [0.2, 0.25) is 0 Å². The van der Waals surface area contributed by atoms with Crippen LogP contribution in [0, 0.1) is 5.92 Å². The number of hydrogen-bond acceptors (Lipinski definition) is 2. The molecule has 0 aliphatic heterocycles. The molecule has 0 rings (SSSR count). The van der Waals surface area contributed by atoms with Gasteiger partial charge in [-0.1, -0.05) is 57.1 Å². The summed E-state index contributed by atoms with van der Waals surface area (Å²) >= 11 is 6.44. The fraction of sp³-hybridized carbons (Fsp3) is 0.889. The van der Waals surface area contributed by atoms with Crippen molar-refractivity contribution in [2.24, 2.45) is 11.7 Å². The van der Waals surface area contributed by atoms with Gasteiger partial charge in [0, 0.05) is 5.75 Å². The predicted molar refractivity (Wildman–Crippen MR) is 63.7 cm³/mol. The van der Waals surface area contributed by atoms with E-state index in [1.165, 1.54) is 25.7 Å². The summed E-state index contributed by atoms with van der Waals surface area (Å²) in [5.41, 5.74) is 5.42. The van der Waals surface area contributed by atoms with Gasteiger partial charge in [0.25, 0.3) is 0 Å². The van der Waals surface area contributed by atoms with Gasteiger partial charge in [-0.2, -0.15) is 0 Å². The second kappa shape index (κ2) is 11.9. The van der Waals surface area contributed by atoms with Crippen molar-refractivity contribution in [3.8, 4) is 0 Å². The molecule has 0 aliphatic carbocycles. The van der Waals surface area contributed by atoms with Gasteiger partial charge >= 0.3 is 51.4 Å². The Morgan fingerprint density at radius 3 is 2.54 bits per heavy atom. The zero-order valence-electron chi connectivity index (χ0n) is 10.0. The average molecular weight is 245 g/mol. The van der Waals surface area contributed by atoms with Crippen molar-refractivity contribution in [3.05, 3.63) is 0 Å². The Morgan fingerprint density at radius 1 is 1.54 bits per heavy atom. The molecule has 4 heteroatoms. The Bertz CT molecular complexity index is 136. The number of unbranched alkanes of at least 4 members (excludes halogenated alkanes) is 1. The van der Waals surface area contributed by atoms with Crippen molar-refractivity contribution in [2.45, 2.75) is 39.5 Å². The maximum atomic E-state index is 5.42. The summed E-state index contributed by atoms with van der Waals surface area (Å²) in [6, 6.07) is 0. The van der Waals surface area contributed by atoms with Crippen LogP contribution in [0.15, 0.2) is 0 Å². The molecule has 0 aromatic heterocycles. The number of thioether (sulfide) groups is 1. The van der Waals surface area contributed by atoms with E-state index in [1.807, 2.05) is 0 Å². The van der Waals surface area contributed by atoms with E-state index >= 15 is 0 Å². The van der Waals surface area contributed by atoms with E-state index in [0.717, 1.165) is 11.7 Å². The summed E-state index contributed by atoms with van der Waals surface area (Å²) in [5, 5.41) is 0. The van der Waals surface area contributed by atoms with Gasteiger partial charge in [-0.05, 0) is 12.3 Å². The molecular formula is C9H20KNS2. The molecule has 0 aromatic carbocycles. The van der Waals surface area contributed by atoms with Crippen LogP contribution in [0.1, 0.15) is 41.0 Å². The molecular weight excluding hydrogens is 225 g/mol. The van der Waals surface area contributed by atoms with E-state index in [-0.39, 0.29) is 52.8 Å². The number of rotatable bonds is 6. The first-order valence-electron chi connectivity index (χ1n) is 4.62. The molecule has 0 saturated carbocycles. The van der Waals surface area contributed by atoms with Crippen LogP contribution in [0.4, 0.5) is 0 Å². The van der Waals surface area contributed by atoms with Crippen LogP contribution in [0.2, 0.25) is 0 Å². The van der Waals surface area contributed by atoms with E-state index < -0.39 is 0 Å². The molecule has 0 amide bonds. The van der Waals surface area contributed by atoms with E-state index in [1.54, 1.807) is 11.8 Å². The van der Waals surface area contributed by atoms with Crippen LogP contribution < -0.4 is 57.1 Å².